The third-order valence-electron chi connectivity index (χ3n) is 5.93. The van der Waals surface area contributed by atoms with E-state index < -0.39 is 0 Å². The molecule has 1 aliphatic heterocycles. The topological polar surface area (TPSA) is 52.6 Å². The van der Waals surface area contributed by atoms with Crippen molar-refractivity contribution in [2.45, 2.75) is 32.9 Å². The molecule has 0 aromatic heterocycles. The van der Waals surface area contributed by atoms with Gasteiger partial charge in [-0.05, 0) is 54.3 Å². The number of phenols is 1. The quantitative estimate of drug-likeness (QED) is 0.666. The van der Waals surface area contributed by atoms with Gasteiger partial charge < -0.3 is 10.4 Å². The lowest BCUT2D eigenvalue weighted by molar-refractivity contribution is 0.0948. The van der Waals surface area contributed by atoms with Gasteiger partial charge in [0.15, 0.2) is 0 Å². The highest BCUT2D eigenvalue weighted by Crippen LogP contribution is 2.33. The average Bonchev–Trinajstić information content (AvgIpc) is 2.76. The van der Waals surface area contributed by atoms with Crippen LogP contribution in [0.1, 0.15) is 41.3 Å². The van der Waals surface area contributed by atoms with Crippen LogP contribution in [-0.4, -0.2) is 29.0 Å². The molecule has 1 amide bonds. The van der Waals surface area contributed by atoms with Gasteiger partial charge in [-0.1, -0.05) is 61.5 Å². The second-order valence-corrected chi connectivity index (χ2v) is 8.10. The highest BCUT2D eigenvalue weighted by Gasteiger charge is 2.22. The highest BCUT2D eigenvalue weighted by atomic mass is 16.3. The SMILES string of the molecule is CC1CCN(Cc2c(O)c(C(=O)NCc3ccccc3)cc3ccccc23)CC1. The van der Waals surface area contributed by atoms with E-state index in [1.54, 1.807) is 6.07 Å². The Kier molecular flexibility index (Phi) is 5.81. The zero-order valence-electron chi connectivity index (χ0n) is 16.9. The lowest BCUT2D eigenvalue weighted by Gasteiger charge is -2.31. The molecule has 0 saturated carbocycles. The molecule has 2 N–H and O–H groups in total. The lowest BCUT2D eigenvalue weighted by Crippen LogP contribution is -2.32. The van der Waals surface area contributed by atoms with Crippen molar-refractivity contribution in [2.75, 3.05) is 13.1 Å². The van der Waals surface area contributed by atoms with Crippen molar-refractivity contribution in [2.24, 2.45) is 5.92 Å². The van der Waals surface area contributed by atoms with Gasteiger partial charge in [-0.2, -0.15) is 0 Å². The van der Waals surface area contributed by atoms with E-state index in [-0.39, 0.29) is 11.7 Å². The maximum atomic E-state index is 12.9. The summed E-state index contributed by atoms with van der Waals surface area (Å²) in [5, 5.41) is 16.0. The Morgan fingerprint density at radius 1 is 1.07 bits per heavy atom. The number of carbonyl (C=O) groups excluding carboxylic acids is 1. The fourth-order valence-corrected chi connectivity index (χ4v) is 4.06. The van der Waals surface area contributed by atoms with Crippen LogP contribution in [-0.2, 0) is 13.1 Å². The Morgan fingerprint density at radius 2 is 1.76 bits per heavy atom. The Labute approximate surface area is 172 Å². The van der Waals surface area contributed by atoms with Gasteiger partial charge in [0, 0.05) is 18.7 Å². The predicted molar refractivity (Wildman–Crippen MR) is 117 cm³/mol. The molecule has 29 heavy (non-hydrogen) atoms. The van der Waals surface area contributed by atoms with Gasteiger partial charge in [0.25, 0.3) is 5.91 Å². The molecule has 1 heterocycles. The maximum absolute atomic E-state index is 12.9. The largest absolute Gasteiger partial charge is 0.507 e. The van der Waals surface area contributed by atoms with Crippen molar-refractivity contribution in [1.29, 1.82) is 0 Å². The predicted octanol–water partition coefficient (Wildman–Crippen LogP) is 4.71. The molecule has 0 aliphatic carbocycles. The van der Waals surface area contributed by atoms with Crippen LogP contribution in [0.2, 0.25) is 0 Å². The Morgan fingerprint density at radius 3 is 2.52 bits per heavy atom. The molecule has 150 valence electrons. The van der Waals surface area contributed by atoms with E-state index in [0.29, 0.717) is 18.7 Å². The number of benzene rings is 3. The molecule has 4 nitrogen and oxygen atoms in total. The number of rotatable bonds is 5. The molecule has 4 rings (SSSR count). The van der Waals surface area contributed by atoms with E-state index in [0.717, 1.165) is 40.9 Å². The van der Waals surface area contributed by atoms with E-state index >= 15 is 0 Å². The van der Waals surface area contributed by atoms with Gasteiger partial charge >= 0.3 is 0 Å². The molecule has 0 radical (unpaired) electrons. The Balaban J connectivity index is 1.62. The first kappa shape index (κ1) is 19.5. The minimum atomic E-state index is -0.245. The summed E-state index contributed by atoms with van der Waals surface area (Å²) in [5.41, 5.74) is 2.23. The number of nitrogens with one attached hydrogen (secondary N) is 1. The van der Waals surface area contributed by atoms with Crippen LogP contribution in [0.5, 0.6) is 5.75 Å². The molecule has 0 bridgehead atoms. The van der Waals surface area contributed by atoms with Gasteiger partial charge in [0.1, 0.15) is 5.75 Å². The van der Waals surface area contributed by atoms with Crippen molar-refractivity contribution in [3.8, 4) is 5.75 Å². The first-order chi connectivity index (χ1) is 14.1. The molecule has 1 aliphatic rings. The van der Waals surface area contributed by atoms with Crippen molar-refractivity contribution < 1.29 is 9.90 Å². The van der Waals surface area contributed by atoms with Crippen molar-refractivity contribution in [1.82, 2.24) is 10.2 Å². The summed E-state index contributed by atoms with van der Waals surface area (Å²) in [5.74, 6) is 0.616. The van der Waals surface area contributed by atoms with Crippen LogP contribution in [0.15, 0.2) is 60.7 Å². The first-order valence-corrected chi connectivity index (χ1v) is 10.4. The molecular formula is C25H28N2O2. The number of likely N-dealkylation sites (tertiary alicyclic amines) is 1. The van der Waals surface area contributed by atoms with Gasteiger partial charge in [-0.3, -0.25) is 9.69 Å². The van der Waals surface area contributed by atoms with E-state index in [4.69, 9.17) is 0 Å². The monoisotopic (exact) mass is 388 g/mol. The molecule has 3 aromatic rings. The summed E-state index contributed by atoms with van der Waals surface area (Å²) in [6, 6.07) is 19.6. The average molecular weight is 389 g/mol. The van der Waals surface area contributed by atoms with Gasteiger partial charge in [0.2, 0.25) is 0 Å². The van der Waals surface area contributed by atoms with Crippen molar-refractivity contribution >= 4 is 16.7 Å². The lowest BCUT2D eigenvalue weighted by atomic mass is 9.95. The Bertz CT molecular complexity index is 992. The van der Waals surface area contributed by atoms with Crippen molar-refractivity contribution in [3.63, 3.8) is 0 Å². The fraction of sp³-hybridized carbons (Fsp3) is 0.320. The van der Waals surface area contributed by atoms with Crippen LogP contribution < -0.4 is 5.32 Å². The molecular weight excluding hydrogens is 360 g/mol. The third-order valence-corrected chi connectivity index (χ3v) is 5.93. The fourth-order valence-electron chi connectivity index (χ4n) is 4.06. The molecule has 0 spiro atoms. The van der Waals surface area contributed by atoms with E-state index in [2.05, 4.69) is 17.1 Å². The Hall–Kier alpha value is -2.85. The van der Waals surface area contributed by atoms with Gasteiger partial charge in [-0.15, -0.1) is 0 Å². The number of carbonyl (C=O) groups is 1. The number of aromatic hydroxyl groups is 1. The number of fused-ring (bicyclic) bond motifs is 1. The standard InChI is InChI=1S/C25H28N2O2/c1-18-11-13-27(14-12-18)17-23-21-10-6-5-9-20(21)15-22(24(23)28)25(29)26-16-19-7-3-2-4-8-19/h2-10,15,18,28H,11-14,16-17H2,1H3,(H,26,29). The number of hydrogen-bond donors (Lipinski definition) is 2. The number of amides is 1. The minimum Gasteiger partial charge on any atom is -0.507 e. The van der Waals surface area contributed by atoms with Gasteiger partial charge in [-0.25, -0.2) is 0 Å². The smallest absolute Gasteiger partial charge is 0.255 e. The number of hydrogen-bond acceptors (Lipinski definition) is 3. The maximum Gasteiger partial charge on any atom is 0.255 e. The van der Waals surface area contributed by atoms with Crippen LogP contribution in [0.25, 0.3) is 10.8 Å². The van der Waals surface area contributed by atoms with Crippen LogP contribution >= 0.6 is 0 Å². The third kappa shape index (κ3) is 4.43. The molecule has 3 aromatic carbocycles. The van der Waals surface area contributed by atoms with E-state index in [1.165, 1.54) is 12.8 Å². The normalized spacial score (nSPS) is 15.5. The number of phenolic OH excluding ortho intramolecular Hbond substituents is 1. The second kappa shape index (κ2) is 8.66. The highest BCUT2D eigenvalue weighted by molar-refractivity contribution is 6.03. The molecule has 1 fully saturated rings. The summed E-state index contributed by atoms with van der Waals surface area (Å²) in [6.07, 6.45) is 2.35. The number of nitrogens with zero attached hydrogens (tertiary/aromatic N) is 1. The van der Waals surface area contributed by atoms with E-state index in [9.17, 15) is 9.90 Å². The zero-order chi connectivity index (χ0) is 20.2. The first-order valence-electron chi connectivity index (χ1n) is 10.4. The molecule has 0 unspecified atom stereocenters. The van der Waals surface area contributed by atoms with Crippen LogP contribution in [0, 0.1) is 5.92 Å². The number of piperidine rings is 1. The molecule has 1 saturated heterocycles. The summed E-state index contributed by atoms with van der Waals surface area (Å²) < 4.78 is 0. The van der Waals surface area contributed by atoms with Crippen LogP contribution in [0.4, 0.5) is 0 Å². The zero-order valence-corrected chi connectivity index (χ0v) is 16.9. The summed E-state index contributed by atoms with van der Waals surface area (Å²) >= 11 is 0. The minimum absolute atomic E-state index is 0.105. The summed E-state index contributed by atoms with van der Waals surface area (Å²) in [6.45, 7) is 5.45. The van der Waals surface area contributed by atoms with Crippen LogP contribution in [0.3, 0.4) is 0 Å². The summed E-state index contributed by atoms with van der Waals surface area (Å²) in [7, 11) is 0. The molecule has 4 heteroatoms. The summed E-state index contributed by atoms with van der Waals surface area (Å²) in [4.78, 5) is 15.3. The van der Waals surface area contributed by atoms with E-state index in [1.807, 2.05) is 54.6 Å². The van der Waals surface area contributed by atoms with Gasteiger partial charge in [0.05, 0.1) is 5.56 Å². The second-order valence-electron chi connectivity index (χ2n) is 8.10. The molecule has 0 atom stereocenters. The van der Waals surface area contributed by atoms with Crippen molar-refractivity contribution in [3.05, 3.63) is 77.4 Å².